The predicted molar refractivity (Wildman–Crippen MR) is 101 cm³/mol. The van der Waals surface area contributed by atoms with Crippen LogP contribution in [0.1, 0.15) is 5.56 Å². The zero-order valence-corrected chi connectivity index (χ0v) is 16.6. The first-order valence-electron chi connectivity index (χ1n) is 7.68. The molecule has 7 nitrogen and oxygen atoms in total. The molecule has 0 aliphatic carbocycles. The number of halogens is 2. The SMILES string of the molecule is O=[N+]([O-])c1cccc(CN2CCN(S(=O)(=O)c3cc(Cl)sc3Cl)CC2)c1. The Morgan fingerprint density at radius 3 is 2.42 bits per heavy atom. The fourth-order valence-electron chi connectivity index (χ4n) is 2.79. The highest BCUT2D eigenvalue weighted by Crippen LogP contribution is 2.36. The number of nitro groups is 1. The smallest absolute Gasteiger partial charge is 0.269 e. The van der Waals surface area contributed by atoms with Gasteiger partial charge in [0.15, 0.2) is 0 Å². The molecule has 11 heteroatoms. The van der Waals surface area contributed by atoms with Gasteiger partial charge in [0.1, 0.15) is 9.23 Å². The first kappa shape index (κ1) is 19.5. The maximum Gasteiger partial charge on any atom is 0.269 e. The van der Waals surface area contributed by atoms with E-state index in [1.165, 1.54) is 22.5 Å². The van der Waals surface area contributed by atoms with Gasteiger partial charge in [-0.05, 0) is 11.6 Å². The minimum Gasteiger partial charge on any atom is -0.296 e. The van der Waals surface area contributed by atoms with Crippen molar-refractivity contribution in [2.75, 3.05) is 26.2 Å². The molecule has 2 aromatic rings. The van der Waals surface area contributed by atoms with Crippen molar-refractivity contribution in [2.45, 2.75) is 11.4 Å². The summed E-state index contributed by atoms with van der Waals surface area (Å²) in [6.07, 6.45) is 0. The fourth-order valence-corrected chi connectivity index (χ4v) is 6.33. The molecule has 3 rings (SSSR count). The third-order valence-electron chi connectivity index (χ3n) is 4.10. The lowest BCUT2D eigenvalue weighted by Crippen LogP contribution is -2.48. The van der Waals surface area contributed by atoms with Gasteiger partial charge in [0.2, 0.25) is 10.0 Å². The van der Waals surface area contributed by atoms with Crippen LogP contribution in [-0.4, -0.2) is 48.7 Å². The van der Waals surface area contributed by atoms with Crippen molar-refractivity contribution < 1.29 is 13.3 Å². The normalized spacial score (nSPS) is 16.7. The van der Waals surface area contributed by atoms with Crippen LogP contribution in [-0.2, 0) is 16.6 Å². The molecule has 0 amide bonds. The number of thiophene rings is 1. The summed E-state index contributed by atoms with van der Waals surface area (Å²) in [6, 6.07) is 7.83. The summed E-state index contributed by atoms with van der Waals surface area (Å²) >= 11 is 12.9. The standard InChI is InChI=1S/C15H15Cl2N3O4S2/c16-14-9-13(15(17)25-14)26(23,24)19-6-4-18(5-7-19)10-11-2-1-3-12(8-11)20(21)22/h1-3,8-9H,4-7,10H2. The number of hydrogen-bond acceptors (Lipinski definition) is 6. The molecule has 2 heterocycles. The maximum atomic E-state index is 12.7. The summed E-state index contributed by atoms with van der Waals surface area (Å²) in [5, 5.41) is 10.9. The molecular weight excluding hydrogens is 421 g/mol. The largest absolute Gasteiger partial charge is 0.296 e. The molecule has 0 spiro atoms. The summed E-state index contributed by atoms with van der Waals surface area (Å²) in [4.78, 5) is 12.5. The molecule has 0 radical (unpaired) electrons. The molecule has 1 aromatic carbocycles. The second kappa shape index (κ2) is 7.79. The highest BCUT2D eigenvalue weighted by molar-refractivity contribution is 7.89. The van der Waals surface area contributed by atoms with Crippen molar-refractivity contribution in [3.63, 3.8) is 0 Å². The Morgan fingerprint density at radius 1 is 1.15 bits per heavy atom. The van der Waals surface area contributed by atoms with Crippen molar-refractivity contribution in [1.29, 1.82) is 0 Å². The van der Waals surface area contributed by atoms with Crippen LogP contribution in [0, 0.1) is 10.1 Å². The van der Waals surface area contributed by atoms with Crippen molar-refractivity contribution in [2.24, 2.45) is 0 Å². The van der Waals surface area contributed by atoms with E-state index in [2.05, 4.69) is 4.90 Å². The molecule has 1 aromatic heterocycles. The minimum absolute atomic E-state index is 0.0429. The van der Waals surface area contributed by atoms with Crippen molar-refractivity contribution in [3.8, 4) is 0 Å². The molecule has 0 atom stereocenters. The highest BCUT2D eigenvalue weighted by atomic mass is 35.5. The van der Waals surface area contributed by atoms with Crippen LogP contribution in [0.5, 0.6) is 0 Å². The summed E-state index contributed by atoms with van der Waals surface area (Å²) in [7, 11) is -3.67. The third-order valence-corrected chi connectivity index (χ3v) is 7.75. The van der Waals surface area contributed by atoms with Gasteiger partial charge in [-0.15, -0.1) is 11.3 Å². The highest BCUT2D eigenvalue weighted by Gasteiger charge is 2.31. The number of rotatable bonds is 5. The summed E-state index contributed by atoms with van der Waals surface area (Å²) in [5.41, 5.74) is 0.871. The minimum atomic E-state index is -3.67. The summed E-state index contributed by atoms with van der Waals surface area (Å²) in [6.45, 7) is 2.22. The average Bonchev–Trinajstić information content (AvgIpc) is 2.95. The van der Waals surface area contributed by atoms with Crippen LogP contribution in [0.3, 0.4) is 0 Å². The fraction of sp³-hybridized carbons (Fsp3) is 0.333. The second-order valence-corrected chi connectivity index (χ2v) is 9.99. The van der Waals surface area contributed by atoms with Crippen LogP contribution in [0.25, 0.3) is 0 Å². The van der Waals surface area contributed by atoms with Gasteiger partial charge in [-0.3, -0.25) is 15.0 Å². The van der Waals surface area contributed by atoms with Crippen LogP contribution in [0.4, 0.5) is 5.69 Å². The lowest BCUT2D eigenvalue weighted by atomic mass is 10.2. The van der Waals surface area contributed by atoms with Crippen molar-refractivity contribution >= 4 is 50.2 Å². The van der Waals surface area contributed by atoms with Gasteiger partial charge in [-0.25, -0.2) is 8.42 Å². The van der Waals surface area contributed by atoms with E-state index in [0.29, 0.717) is 37.1 Å². The van der Waals surface area contributed by atoms with E-state index in [0.717, 1.165) is 16.9 Å². The van der Waals surface area contributed by atoms with E-state index in [9.17, 15) is 18.5 Å². The molecule has 0 unspecified atom stereocenters. The van der Waals surface area contributed by atoms with Crippen LogP contribution in [0.15, 0.2) is 35.2 Å². The van der Waals surface area contributed by atoms with Gasteiger partial charge in [0.05, 0.1) is 9.26 Å². The molecule has 26 heavy (non-hydrogen) atoms. The Hall–Kier alpha value is -1.23. The monoisotopic (exact) mass is 435 g/mol. The number of nitrogens with zero attached hydrogens (tertiary/aromatic N) is 3. The quantitative estimate of drug-likeness (QED) is 0.530. The van der Waals surface area contributed by atoms with E-state index >= 15 is 0 Å². The van der Waals surface area contributed by atoms with Gasteiger partial charge >= 0.3 is 0 Å². The van der Waals surface area contributed by atoms with Gasteiger partial charge in [0.25, 0.3) is 5.69 Å². The molecule has 0 bridgehead atoms. The molecule has 1 fully saturated rings. The average molecular weight is 436 g/mol. The van der Waals surface area contributed by atoms with Gasteiger partial charge in [-0.2, -0.15) is 4.31 Å². The number of benzene rings is 1. The van der Waals surface area contributed by atoms with E-state index in [4.69, 9.17) is 23.2 Å². The Morgan fingerprint density at radius 2 is 1.85 bits per heavy atom. The number of hydrogen-bond donors (Lipinski definition) is 0. The Labute approximate surface area is 164 Å². The van der Waals surface area contributed by atoms with Crippen molar-refractivity contribution in [3.05, 3.63) is 54.7 Å². The molecule has 1 aliphatic rings. The first-order valence-corrected chi connectivity index (χ1v) is 10.7. The summed E-state index contributed by atoms with van der Waals surface area (Å²) in [5.74, 6) is 0. The molecule has 1 saturated heterocycles. The van der Waals surface area contributed by atoms with Gasteiger partial charge in [-0.1, -0.05) is 35.3 Å². The first-order chi connectivity index (χ1) is 12.3. The number of sulfonamides is 1. The Balaban J connectivity index is 1.65. The van der Waals surface area contributed by atoms with Crippen LogP contribution >= 0.6 is 34.5 Å². The summed E-state index contributed by atoms with van der Waals surface area (Å²) < 4.78 is 27.3. The number of nitro benzene ring substituents is 1. The van der Waals surface area contributed by atoms with E-state index < -0.39 is 14.9 Å². The Bertz CT molecular complexity index is 925. The van der Waals surface area contributed by atoms with Crippen LogP contribution in [0.2, 0.25) is 8.67 Å². The molecule has 1 aliphatic heterocycles. The number of non-ortho nitro benzene ring substituents is 1. The lowest BCUT2D eigenvalue weighted by Gasteiger charge is -2.33. The molecular formula is C15H15Cl2N3O4S2. The molecule has 140 valence electrons. The predicted octanol–water partition coefficient (Wildman–Crippen LogP) is 3.47. The second-order valence-electron chi connectivity index (χ2n) is 5.80. The van der Waals surface area contributed by atoms with Crippen LogP contribution < -0.4 is 0 Å². The molecule has 0 N–H and O–H groups in total. The van der Waals surface area contributed by atoms with Crippen molar-refractivity contribution in [1.82, 2.24) is 9.21 Å². The van der Waals surface area contributed by atoms with E-state index in [1.54, 1.807) is 6.07 Å². The third kappa shape index (κ3) is 4.19. The Kier molecular flexibility index (Phi) is 5.85. The number of piperazine rings is 1. The van der Waals surface area contributed by atoms with E-state index in [1.807, 2.05) is 6.07 Å². The zero-order valence-electron chi connectivity index (χ0n) is 13.5. The maximum absolute atomic E-state index is 12.7. The topological polar surface area (TPSA) is 83.8 Å². The molecule has 0 saturated carbocycles. The van der Waals surface area contributed by atoms with E-state index in [-0.39, 0.29) is 14.9 Å². The lowest BCUT2D eigenvalue weighted by molar-refractivity contribution is -0.384. The zero-order chi connectivity index (χ0) is 18.9. The van der Waals surface area contributed by atoms with Gasteiger partial charge in [0, 0.05) is 44.9 Å². The van der Waals surface area contributed by atoms with Gasteiger partial charge < -0.3 is 0 Å².